The number of imide groups is 1. The minimum atomic E-state index is -0.909. The molecule has 1 N–H and O–H groups in total. The molecule has 2 amide bonds. The molecule has 0 atom stereocenters. The molecule has 0 saturated heterocycles. The second-order valence-electron chi connectivity index (χ2n) is 8.54. The summed E-state index contributed by atoms with van der Waals surface area (Å²) in [6, 6.07) is 5.88. The highest BCUT2D eigenvalue weighted by Crippen LogP contribution is 2.24. The number of hydrogen-bond donors (Lipinski definition) is 1. The number of amides is 2. The van der Waals surface area contributed by atoms with Gasteiger partial charge in [-0.15, -0.1) is 0 Å². The maximum absolute atomic E-state index is 12.7. The Hall–Kier alpha value is -3.56. The molecule has 0 bridgehead atoms. The van der Waals surface area contributed by atoms with Crippen LogP contribution in [0, 0.1) is 0 Å². The Balaban J connectivity index is 3.24. The van der Waals surface area contributed by atoms with Crippen LogP contribution in [0.4, 0.5) is 21.0 Å². The van der Waals surface area contributed by atoms with E-state index < -0.39 is 35.3 Å². The van der Waals surface area contributed by atoms with Crippen LogP contribution in [-0.4, -0.2) is 49.5 Å². The van der Waals surface area contributed by atoms with Crippen LogP contribution in [0.1, 0.15) is 41.5 Å². The van der Waals surface area contributed by atoms with Gasteiger partial charge in [0.15, 0.2) is 0 Å². The minimum absolute atomic E-state index is 0.164. The SMILES string of the molecule is COC(=O)/C=C(/Nc1ccc(N(C(=O)OC(C)(C)C)C(=O)OC(C)(C)C)cc1)C(=O)OC. The van der Waals surface area contributed by atoms with E-state index in [9.17, 15) is 19.2 Å². The number of methoxy groups -OCH3 is 2. The van der Waals surface area contributed by atoms with Gasteiger partial charge >= 0.3 is 24.1 Å². The summed E-state index contributed by atoms with van der Waals surface area (Å²) in [4.78, 5) is 49.6. The molecule has 0 aliphatic heterocycles. The van der Waals surface area contributed by atoms with Gasteiger partial charge in [-0.2, -0.15) is 4.90 Å². The maximum Gasteiger partial charge on any atom is 0.424 e. The molecule has 32 heavy (non-hydrogen) atoms. The van der Waals surface area contributed by atoms with E-state index in [0.29, 0.717) is 5.69 Å². The zero-order chi connectivity index (χ0) is 24.7. The number of nitrogens with one attached hydrogen (secondary N) is 1. The Bertz CT molecular complexity index is 849. The molecule has 10 nitrogen and oxygen atoms in total. The molecule has 1 rings (SSSR count). The zero-order valence-electron chi connectivity index (χ0n) is 19.6. The quantitative estimate of drug-likeness (QED) is 0.403. The number of rotatable bonds is 5. The van der Waals surface area contributed by atoms with Crippen LogP contribution in [0.2, 0.25) is 0 Å². The van der Waals surface area contributed by atoms with Crippen LogP contribution in [0.25, 0.3) is 0 Å². The molecule has 0 spiro atoms. The molecular formula is C22H30N2O8. The van der Waals surface area contributed by atoms with E-state index >= 15 is 0 Å². The van der Waals surface area contributed by atoms with Gasteiger partial charge in [0.2, 0.25) is 0 Å². The lowest BCUT2D eigenvalue weighted by atomic mass is 10.2. The fourth-order valence-electron chi connectivity index (χ4n) is 2.18. The van der Waals surface area contributed by atoms with Gasteiger partial charge in [0.25, 0.3) is 0 Å². The average molecular weight is 450 g/mol. The zero-order valence-corrected chi connectivity index (χ0v) is 19.6. The van der Waals surface area contributed by atoms with Crippen molar-refractivity contribution in [3.05, 3.63) is 36.0 Å². The van der Waals surface area contributed by atoms with Crippen molar-refractivity contribution in [2.75, 3.05) is 24.4 Å². The second kappa shape index (κ2) is 10.7. The fraction of sp³-hybridized carbons (Fsp3) is 0.455. The summed E-state index contributed by atoms with van der Waals surface area (Å²) < 4.78 is 19.8. The third kappa shape index (κ3) is 8.66. The summed E-state index contributed by atoms with van der Waals surface area (Å²) in [6.45, 7) is 10.0. The largest absolute Gasteiger partial charge is 0.466 e. The van der Waals surface area contributed by atoms with Gasteiger partial charge in [-0.3, -0.25) is 0 Å². The topological polar surface area (TPSA) is 120 Å². The third-order valence-electron chi connectivity index (χ3n) is 3.43. The summed E-state index contributed by atoms with van der Waals surface area (Å²) in [6.07, 6.45) is -0.880. The summed E-state index contributed by atoms with van der Waals surface area (Å²) in [7, 11) is 2.34. The van der Waals surface area contributed by atoms with Crippen molar-refractivity contribution >= 4 is 35.5 Å². The predicted molar refractivity (Wildman–Crippen MR) is 117 cm³/mol. The predicted octanol–water partition coefficient (Wildman–Crippen LogP) is 4.01. The Labute approximate surface area is 187 Å². The number of anilines is 2. The molecule has 0 saturated carbocycles. The lowest BCUT2D eigenvalue weighted by Crippen LogP contribution is -2.43. The number of hydrogen-bond acceptors (Lipinski definition) is 9. The van der Waals surface area contributed by atoms with Crippen LogP contribution >= 0.6 is 0 Å². The molecule has 0 unspecified atom stereocenters. The Morgan fingerprint density at radius 3 is 1.66 bits per heavy atom. The lowest BCUT2D eigenvalue weighted by molar-refractivity contribution is -0.138. The standard InChI is InChI=1S/C22H30N2O8/c1-21(2,3)31-19(27)24(20(28)32-22(4,5)6)15-11-9-14(10-12-15)23-16(18(26)30-8)13-17(25)29-7/h9-13,23H,1-8H3/b16-13+. The molecule has 0 aromatic heterocycles. The van der Waals surface area contributed by atoms with E-state index in [0.717, 1.165) is 18.1 Å². The number of carbonyl (C=O) groups excluding carboxylic acids is 4. The van der Waals surface area contributed by atoms with Crippen LogP contribution < -0.4 is 10.2 Å². The molecule has 0 fully saturated rings. The molecule has 0 aliphatic rings. The number of ether oxygens (including phenoxy) is 4. The van der Waals surface area contributed by atoms with E-state index in [1.807, 2.05) is 0 Å². The van der Waals surface area contributed by atoms with Crippen molar-refractivity contribution < 1.29 is 38.1 Å². The highest BCUT2D eigenvalue weighted by molar-refractivity contribution is 6.09. The minimum Gasteiger partial charge on any atom is -0.466 e. The van der Waals surface area contributed by atoms with E-state index in [4.69, 9.17) is 9.47 Å². The first kappa shape index (κ1) is 26.5. The molecule has 10 heteroatoms. The number of benzene rings is 1. The Kier molecular flexibility index (Phi) is 8.81. The highest BCUT2D eigenvalue weighted by atomic mass is 16.6. The first-order valence-corrected chi connectivity index (χ1v) is 9.68. The number of carbonyl (C=O) groups is 4. The Morgan fingerprint density at radius 1 is 0.812 bits per heavy atom. The summed E-state index contributed by atoms with van der Waals surface area (Å²) in [5, 5.41) is 2.73. The first-order chi connectivity index (χ1) is 14.7. The smallest absolute Gasteiger partial charge is 0.424 e. The van der Waals surface area contributed by atoms with Crippen LogP contribution in [0.5, 0.6) is 0 Å². The average Bonchev–Trinajstić information content (AvgIpc) is 2.65. The van der Waals surface area contributed by atoms with Gasteiger partial charge in [0.1, 0.15) is 16.9 Å². The van der Waals surface area contributed by atoms with Crippen LogP contribution in [-0.2, 0) is 28.5 Å². The molecular weight excluding hydrogens is 420 g/mol. The first-order valence-electron chi connectivity index (χ1n) is 9.68. The maximum atomic E-state index is 12.7. The molecule has 1 aromatic carbocycles. The monoisotopic (exact) mass is 450 g/mol. The molecule has 0 aliphatic carbocycles. The van der Waals surface area contributed by atoms with Gasteiger partial charge in [-0.1, -0.05) is 0 Å². The van der Waals surface area contributed by atoms with Crippen molar-refractivity contribution in [1.82, 2.24) is 0 Å². The molecule has 0 heterocycles. The summed E-state index contributed by atoms with van der Waals surface area (Å²) >= 11 is 0. The fourth-order valence-corrected chi connectivity index (χ4v) is 2.18. The Morgan fingerprint density at radius 2 is 1.28 bits per heavy atom. The summed E-state index contributed by atoms with van der Waals surface area (Å²) in [5.74, 6) is -1.54. The van der Waals surface area contributed by atoms with E-state index in [1.165, 1.54) is 31.4 Å². The van der Waals surface area contributed by atoms with Gasteiger partial charge in [0, 0.05) is 5.69 Å². The van der Waals surface area contributed by atoms with Crippen LogP contribution in [0.15, 0.2) is 36.0 Å². The van der Waals surface area contributed by atoms with Gasteiger partial charge in [0.05, 0.1) is 26.0 Å². The van der Waals surface area contributed by atoms with Gasteiger partial charge in [-0.25, -0.2) is 19.2 Å². The number of esters is 2. The van der Waals surface area contributed by atoms with Crippen molar-refractivity contribution in [1.29, 1.82) is 0 Å². The van der Waals surface area contributed by atoms with E-state index in [1.54, 1.807) is 41.5 Å². The van der Waals surface area contributed by atoms with Crippen molar-refractivity contribution in [3.63, 3.8) is 0 Å². The number of nitrogens with zero attached hydrogens (tertiary/aromatic N) is 1. The lowest BCUT2D eigenvalue weighted by Gasteiger charge is -2.28. The van der Waals surface area contributed by atoms with E-state index in [-0.39, 0.29) is 11.4 Å². The molecule has 1 aromatic rings. The van der Waals surface area contributed by atoms with Gasteiger partial charge in [-0.05, 0) is 65.8 Å². The molecule has 176 valence electrons. The van der Waals surface area contributed by atoms with E-state index in [2.05, 4.69) is 14.8 Å². The van der Waals surface area contributed by atoms with Crippen molar-refractivity contribution in [2.24, 2.45) is 0 Å². The second-order valence-corrected chi connectivity index (χ2v) is 8.54. The normalized spacial score (nSPS) is 11.8. The molecule has 0 radical (unpaired) electrons. The highest BCUT2D eigenvalue weighted by Gasteiger charge is 2.32. The van der Waals surface area contributed by atoms with Crippen LogP contribution in [0.3, 0.4) is 0 Å². The summed E-state index contributed by atoms with van der Waals surface area (Å²) in [5.41, 5.74) is -1.29. The van der Waals surface area contributed by atoms with Gasteiger partial charge < -0.3 is 24.3 Å². The van der Waals surface area contributed by atoms with Crippen molar-refractivity contribution in [2.45, 2.75) is 52.7 Å². The third-order valence-corrected chi connectivity index (χ3v) is 3.43. The van der Waals surface area contributed by atoms with Crippen molar-refractivity contribution in [3.8, 4) is 0 Å².